The number of carbonyl (C=O) groups is 1. The fraction of sp³-hybridized carbons (Fsp3) is 0.462. The Balaban J connectivity index is 0.00000256. The van der Waals surface area contributed by atoms with Crippen LogP contribution in [0, 0.1) is 0 Å². The second-order valence-corrected chi connectivity index (χ2v) is 4.62. The van der Waals surface area contributed by atoms with E-state index in [0.29, 0.717) is 5.56 Å². The molecule has 4 heteroatoms. The van der Waals surface area contributed by atoms with Crippen LogP contribution in [-0.2, 0) is 17.1 Å². The predicted molar refractivity (Wildman–Crippen MR) is 63.2 cm³/mol. The van der Waals surface area contributed by atoms with Crippen molar-refractivity contribution in [3.63, 3.8) is 0 Å². The van der Waals surface area contributed by atoms with Crippen LogP contribution in [0.4, 0.5) is 0 Å². The molecule has 1 aromatic rings. The Labute approximate surface area is 112 Å². The molecule has 0 aliphatic rings. The maximum atomic E-state index is 11.0. The Hall–Kier alpha value is -0.991. The van der Waals surface area contributed by atoms with E-state index < -0.39 is 5.97 Å². The van der Waals surface area contributed by atoms with Gasteiger partial charge in [0.1, 0.15) is 11.3 Å². The van der Waals surface area contributed by atoms with Crippen LogP contribution in [0.15, 0.2) is 12.1 Å². The molecule has 0 amide bonds. The molecule has 0 unspecified atom stereocenters. The first-order valence-corrected chi connectivity index (χ1v) is 5.44. The minimum absolute atomic E-state index is 0. The Morgan fingerprint density at radius 1 is 1.12 bits per heavy atom. The van der Waals surface area contributed by atoms with Gasteiger partial charge in [-0.15, -0.1) is 0 Å². The van der Waals surface area contributed by atoms with E-state index in [0.717, 1.165) is 5.56 Å². The van der Waals surface area contributed by atoms with Crippen molar-refractivity contribution in [2.75, 3.05) is 0 Å². The average Bonchev–Trinajstić information content (AvgIpc) is 2.16. The minimum atomic E-state index is -1.08. The molecule has 17 heavy (non-hydrogen) atoms. The van der Waals surface area contributed by atoms with Gasteiger partial charge in [-0.1, -0.05) is 33.8 Å². The second kappa shape index (κ2) is 6.08. The molecule has 3 nitrogen and oxygen atoms in total. The van der Waals surface area contributed by atoms with Gasteiger partial charge in [-0.05, 0) is 29.0 Å². The second-order valence-electron chi connectivity index (χ2n) is 4.62. The molecule has 0 saturated heterocycles. The van der Waals surface area contributed by atoms with Gasteiger partial charge >= 0.3 is 5.97 Å². The summed E-state index contributed by atoms with van der Waals surface area (Å²) >= 11 is 0. The average molecular weight is 277 g/mol. The van der Waals surface area contributed by atoms with Gasteiger partial charge in [0.15, 0.2) is 0 Å². The van der Waals surface area contributed by atoms with E-state index >= 15 is 0 Å². The summed E-state index contributed by atoms with van der Waals surface area (Å²) in [7, 11) is 0. The molecule has 95 valence electrons. The summed E-state index contributed by atoms with van der Waals surface area (Å²) in [5, 5.41) is 18.9. The first kappa shape index (κ1) is 16.0. The molecule has 0 saturated carbocycles. The van der Waals surface area contributed by atoms with Crippen molar-refractivity contribution < 1.29 is 32.1 Å². The normalized spacial score (nSPS) is 10.5. The minimum Gasteiger partial charge on any atom is -0.507 e. The van der Waals surface area contributed by atoms with Crippen LogP contribution >= 0.6 is 0 Å². The van der Waals surface area contributed by atoms with Crippen LogP contribution in [0.3, 0.4) is 0 Å². The summed E-state index contributed by atoms with van der Waals surface area (Å²) in [6, 6.07) is 3.44. The number of phenols is 1. The number of rotatable bonds is 3. The van der Waals surface area contributed by atoms with E-state index in [1.165, 1.54) is 0 Å². The molecule has 0 spiro atoms. The van der Waals surface area contributed by atoms with Gasteiger partial charge in [0.2, 0.25) is 0 Å². The molecule has 0 heterocycles. The molecule has 2 N–H and O–H groups in total. The summed E-state index contributed by atoms with van der Waals surface area (Å²) in [4.78, 5) is 11.0. The zero-order chi connectivity index (χ0) is 12.5. The van der Waals surface area contributed by atoms with E-state index in [1.807, 2.05) is 33.8 Å². The Bertz CT molecular complexity index is 411. The molecule has 1 rings (SSSR count). The van der Waals surface area contributed by atoms with Crippen molar-refractivity contribution in [1.29, 1.82) is 0 Å². The summed E-state index contributed by atoms with van der Waals surface area (Å²) in [6.07, 6.45) is 0. The van der Waals surface area contributed by atoms with Gasteiger partial charge in [-0.25, -0.2) is 4.79 Å². The Morgan fingerprint density at radius 3 is 2.00 bits per heavy atom. The fourth-order valence-electron chi connectivity index (χ4n) is 1.62. The summed E-state index contributed by atoms with van der Waals surface area (Å²) in [6.45, 7) is 7.87. The van der Waals surface area contributed by atoms with Crippen LogP contribution in [0.5, 0.6) is 5.75 Å². The number of aromatic carboxylic acids is 1. The Kier molecular flexibility index (Phi) is 5.73. The van der Waals surface area contributed by atoms with Gasteiger partial charge in [-0.3, -0.25) is 0 Å². The third-order valence-corrected chi connectivity index (χ3v) is 2.68. The summed E-state index contributed by atoms with van der Waals surface area (Å²) in [5.41, 5.74) is 1.64. The topological polar surface area (TPSA) is 57.5 Å². The molecule has 0 fully saturated rings. The third kappa shape index (κ3) is 3.48. The van der Waals surface area contributed by atoms with E-state index in [2.05, 4.69) is 0 Å². The first-order valence-electron chi connectivity index (χ1n) is 5.44. The summed E-state index contributed by atoms with van der Waals surface area (Å²) < 4.78 is 0. The van der Waals surface area contributed by atoms with E-state index in [-0.39, 0.29) is 40.2 Å². The van der Waals surface area contributed by atoms with Crippen molar-refractivity contribution in [1.82, 2.24) is 0 Å². The maximum Gasteiger partial charge on any atom is 0.339 e. The predicted octanol–water partition coefficient (Wildman–Crippen LogP) is 3.33. The zero-order valence-electron chi connectivity index (χ0n) is 10.5. The molecule has 0 atom stereocenters. The number of aromatic hydroxyl groups is 1. The van der Waals surface area contributed by atoms with Crippen molar-refractivity contribution in [2.45, 2.75) is 39.5 Å². The van der Waals surface area contributed by atoms with Crippen LogP contribution in [-0.4, -0.2) is 16.2 Å². The van der Waals surface area contributed by atoms with E-state index in [9.17, 15) is 9.90 Å². The Morgan fingerprint density at radius 2 is 1.65 bits per heavy atom. The number of benzene rings is 1. The molecule has 0 aliphatic carbocycles. The van der Waals surface area contributed by atoms with Crippen molar-refractivity contribution >= 4 is 5.97 Å². The van der Waals surface area contributed by atoms with Crippen LogP contribution in [0.25, 0.3) is 0 Å². The number of hydrogen-bond acceptors (Lipinski definition) is 2. The fourth-order valence-corrected chi connectivity index (χ4v) is 1.62. The smallest absolute Gasteiger partial charge is 0.339 e. The number of carboxylic acids is 1. The molecule has 0 bridgehead atoms. The van der Waals surface area contributed by atoms with E-state index in [1.54, 1.807) is 6.07 Å². The van der Waals surface area contributed by atoms with Gasteiger partial charge in [0.25, 0.3) is 0 Å². The van der Waals surface area contributed by atoms with E-state index in [4.69, 9.17) is 5.11 Å². The largest absolute Gasteiger partial charge is 0.507 e. The standard InChI is InChI=1S/C13H18O3.Mn/c1-7(2)9-5-10(8(3)4)12(14)11(6-9)13(15)16;/h5-8,14H,1-4H3,(H,15,16);. The number of carboxylic acid groups (broad SMARTS) is 1. The molecule has 1 aromatic carbocycles. The zero-order valence-corrected chi connectivity index (χ0v) is 11.7. The van der Waals surface area contributed by atoms with Gasteiger partial charge < -0.3 is 10.2 Å². The van der Waals surface area contributed by atoms with Gasteiger partial charge in [0, 0.05) is 17.1 Å². The van der Waals surface area contributed by atoms with Crippen LogP contribution in [0.1, 0.15) is 61.0 Å². The van der Waals surface area contributed by atoms with Gasteiger partial charge in [0.05, 0.1) is 0 Å². The molecular weight excluding hydrogens is 259 g/mol. The maximum absolute atomic E-state index is 11.0. The molecular formula is C13H18MnO3. The SMILES string of the molecule is CC(C)c1cc(C(=O)O)c(O)c(C(C)C)c1.[Mn]. The van der Waals surface area contributed by atoms with Crippen molar-refractivity contribution in [3.05, 3.63) is 28.8 Å². The third-order valence-electron chi connectivity index (χ3n) is 2.68. The molecule has 0 aromatic heterocycles. The van der Waals surface area contributed by atoms with Crippen molar-refractivity contribution in [3.8, 4) is 5.75 Å². The van der Waals surface area contributed by atoms with Gasteiger partial charge in [-0.2, -0.15) is 0 Å². The molecule has 0 aliphatic heterocycles. The van der Waals surface area contributed by atoms with Crippen molar-refractivity contribution in [2.24, 2.45) is 0 Å². The first-order chi connectivity index (χ1) is 7.34. The summed E-state index contributed by atoms with van der Waals surface area (Å²) in [5.74, 6) is -0.832. The van der Waals surface area contributed by atoms with Crippen LogP contribution < -0.4 is 0 Å². The van der Waals surface area contributed by atoms with Crippen LogP contribution in [0.2, 0.25) is 0 Å². The quantitative estimate of drug-likeness (QED) is 0.833. The molecule has 1 radical (unpaired) electrons. The monoisotopic (exact) mass is 277 g/mol. The number of hydrogen-bond donors (Lipinski definition) is 2.